The van der Waals surface area contributed by atoms with Crippen LogP contribution in [0, 0.1) is 0 Å². The Morgan fingerprint density at radius 2 is 2.33 bits per heavy atom. The fraction of sp³-hybridized carbons (Fsp3) is 0.400. The molecule has 1 aromatic rings. The van der Waals surface area contributed by atoms with E-state index in [4.69, 9.17) is 9.84 Å². The maximum Gasteiger partial charge on any atom is 0.122 e. The molecule has 0 unspecified atom stereocenters. The summed E-state index contributed by atoms with van der Waals surface area (Å²) in [6.45, 7) is 0.925. The zero-order valence-corrected chi connectivity index (χ0v) is 6.92. The third-order valence-electron chi connectivity index (χ3n) is 2.23. The zero-order valence-electron chi connectivity index (χ0n) is 6.92. The molecule has 2 heteroatoms. The van der Waals surface area contributed by atoms with Crippen molar-refractivity contribution < 1.29 is 9.84 Å². The molecule has 0 bridgehead atoms. The van der Waals surface area contributed by atoms with Crippen LogP contribution in [0.25, 0.3) is 0 Å². The summed E-state index contributed by atoms with van der Waals surface area (Å²) in [5.41, 5.74) is 2.19. The van der Waals surface area contributed by atoms with E-state index in [0.717, 1.165) is 30.8 Å². The Hall–Kier alpha value is -1.02. The van der Waals surface area contributed by atoms with Crippen molar-refractivity contribution in [1.82, 2.24) is 0 Å². The van der Waals surface area contributed by atoms with Crippen molar-refractivity contribution >= 4 is 0 Å². The molecule has 12 heavy (non-hydrogen) atoms. The summed E-state index contributed by atoms with van der Waals surface area (Å²) < 4.78 is 5.45. The third kappa shape index (κ3) is 1.18. The fourth-order valence-corrected chi connectivity index (χ4v) is 1.61. The summed E-state index contributed by atoms with van der Waals surface area (Å²) in [6, 6.07) is 5.84. The van der Waals surface area contributed by atoms with E-state index in [1.165, 1.54) is 5.56 Å². The van der Waals surface area contributed by atoms with Gasteiger partial charge < -0.3 is 9.84 Å². The van der Waals surface area contributed by atoms with Crippen molar-refractivity contribution in [2.45, 2.75) is 19.4 Å². The van der Waals surface area contributed by atoms with Crippen molar-refractivity contribution in [2.24, 2.45) is 0 Å². The molecule has 0 saturated carbocycles. The number of hydrogen-bond donors (Lipinski definition) is 1. The van der Waals surface area contributed by atoms with Crippen LogP contribution in [0.2, 0.25) is 0 Å². The normalized spacial score (nSPS) is 15.1. The molecular weight excluding hydrogens is 152 g/mol. The van der Waals surface area contributed by atoms with Gasteiger partial charge in [0.15, 0.2) is 0 Å². The molecule has 0 atom stereocenters. The minimum atomic E-state index is 0.118. The fourth-order valence-electron chi connectivity index (χ4n) is 1.61. The Labute approximate surface area is 71.8 Å². The minimum Gasteiger partial charge on any atom is -0.493 e. The monoisotopic (exact) mass is 164 g/mol. The molecule has 2 nitrogen and oxygen atoms in total. The van der Waals surface area contributed by atoms with Gasteiger partial charge in [-0.25, -0.2) is 0 Å². The first kappa shape index (κ1) is 7.62. The van der Waals surface area contributed by atoms with E-state index in [1.807, 2.05) is 18.2 Å². The third-order valence-corrected chi connectivity index (χ3v) is 2.23. The molecule has 64 valence electrons. The van der Waals surface area contributed by atoms with E-state index in [1.54, 1.807) is 0 Å². The first-order chi connectivity index (χ1) is 5.92. The number of aliphatic hydroxyl groups excluding tert-OH is 1. The predicted octanol–water partition coefficient (Wildman–Crippen LogP) is 1.50. The second-order valence-electron chi connectivity index (χ2n) is 3.00. The van der Waals surface area contributed by atoms with Crippen molar-refractivity contribution in [1.29, 1.82) is 0 Å². The highest BCUT2D eigenvalue weighted by Gasteiger charge is 2.12. The van der Waals surface area contributed by atoms with Crippen LogP contribution in [0.15, 0.2) is 18.2 Å². The highest BCUT2D eigenvalue weighted by atomic mass is 16.5. The van der Waals surface area contributed by atoms with Crippen LogP contribution >= 0.6 is 0 Å². The van der Waals surface area contributed by atoms with E-state index >= 15 is 0 Å². The summed E-state index contributed by atoms with van der Waals surface area (Å²) in [5.74, 6) is 0.952. The van der Waals surface area contributed by atoms with Gasteiger partial charge in [-0.1, -0.05) is 12.1 Å². The molecule has 0 saturated heterocycles. The molecule has 0 aromatic heterocycles. The van der Waals surface area contributed by atoms with Gasteiger partial charge in [0.2, 0.25) is 0 Å². The van der Waals surface area contributed by atoms with Crippen LogP contribution in [-0.2, 0) is 13.0 Å². The highest BCUT2D eigenvalue weighted by molar-refractivity contribution is 5.41. The lowest BCUT2D eigenvalue weighted by Gasteiger charge is -2.19. The first-order valence-corrected chi connectivity index (χ1v) is 4.26. The van der Waals surface area contributed by atoms with Crippen LogP contribution in [0.4, 0.5) is 0 Å². The van der Waals surface area contributed by atoms with E-state index in [9.17, 15) is 0 Å². The quantitative estimate of drug-likeness (QED) is 0.681. The molecule has 1 aliphatic rings. The van der Waals surface area contributed by atoms with Crippen LogP contribution in [0.3, 0.4) is 0 Å². The van der Waals surface area contributed by atoms with Crippen LogP contribution < -0.4 is 4.74 Å². The van der Waals surface area contributed by atoms with Crippen LogP contribution in [0.5, 0.6) is 5.75 Å². The number of fused-ring (bicyclic) bond motifs is 1. The van der Waals surface area contributed by atoms with Crippen LogP contribution in [0.1, 0.15) is 17.5 Å². The lowest BCUT2D eigenvalue weighted by atomic mass is 10.0. The number of ether oxygens (including phenoxy) is 1. The molecule has 0 aliphatic carbocycles. The molecule has 0 amide bonds. The highest BCUT2D eigenvalue weighted by Crippen LogP contribution is 2.27. The Balaban J connectivity index is 2.44. The van der Waals surface area contributed by atoms with Gasteiger partial charge in [0.25, 0.3) is 0 Å². The topological polar surface area (TPSA) is 29.5 Å². The number of benzene rings is 1. The van der Waals surface area contributed by atoms with Crippen molar-refractivity contribution in [2.75, 3.05) is 6.61 Å². The summed E-state index contributed by atoms with van der Waals surface area (Å²) in [4.78, 5) is 0. The molecule has 0 fully saturated rings. The van der Waals surface area contributed by atoms with Crippen molar-refractivity contribution in [3.05, 3.63) is 29.3 Å². The molecule has 1 aromatic carbocycles. The lowest BCUT2D eigenvalue weighted by Crippen LogP contribution is -2.10. The largest absolute Gasteiger partial charge is 0.493 e. The average molecular weight is 164 g/mol. The number of rotatable bonds is 1. The van der Waals surface area contributed by atoms with Gasteiger partial charge >= 0.3 is 0 Å². The summed E-state index contributed by atoms with van der Waals surface area (Å²) in [7, 11) is 0. The average Bonchev–Trinajstić information content (AvgIpc) is 2.17. The second kappa shape index (κ2) is 3.15. The van der Waals surface area contributed by atoms with E-state index in [-0.39, 0.29) is 6.61 Å². The molecule has 2 rings (SSSR count). The van der Waals surface area contributed by atoms with Gasteiger partial charge in [0, 0.05) is 0 Å². The summed E-state index contributed by atoms with van der Waals surface area (Å²) in [6.07, 6.45) is 2.09. The predicted molar refractivity (Wildman–Crippen MR) is 46.2 cm³/mol. The molecule has 1 N–H and O–H groups in total. The standard InChI is InChI=1S/C10H12O2/c11-7-8-3-1-5-10-9(8)4-2-6-12-10/h1,3,5,11H,2,4,6-7H2. The first-order valence-electron chi connectivity index (χ1n) is 4.26. The van der Waals surface area contributed by atoms with Gasteiger partial charge in [-0.15, -0.1) is 0 Å². The van der Waals surface area contributed by atoms with Crippen LogP contribution in [-0.4, -0.2) is 11.7 Å². The Morgan fingerprint density at radius 3 is 3.17 bits per heavy atom. The van der Waals surface area contributed by atoms with Gasteiger partial charge in [-0.3, -0.25) is 0 Å². The summed E-state index contributed by atoms with van der Waals surface area (Å²) >= 11 is 0. The molecule has 0 radical (unpaired) electrons. The Morgan fingerprint density at radius 1 is 1.42 bits per heavy atom. The maximum atomic E-state index is 9.04. The molecule has 0 spiro atoms. The zero-order chi connectivity index (χ0) is 8.39. The SMILES string of the molecule is OCc1cccc2c1CCCO2. The second-order valence-corrected chi connectivity index (χ2v) is 3.00. The number of aliphatic hydroxyl groups is 1. The van der Waals surface area contributed by atoms with Gasteiger partial charge in [0.05, 0.1) is 13.2 Å². The molecule has 1 heterocycles. The Kier molecular flexibility index (Phi) is 2.00. The van der Waals surface area contributed by atoms with E-state index in [0.29, 0.717) is 0 Å². The minimum absolute atomic E-state index is 0.118. The van der Waals surface area contributed by atoms with Crippen molar-refractivity contribution in [3.8, 4) is 5.75 Å². The van der Waals surface area contributed by atoms with Gasteiger partial charge in [-0.05, 0) is 30.0 Å². The van der Waals surface area contributed by atoms with Gasteiger partial charge in [0.1, 0.15) is 5.75 Å². The van der Waals surface area contributed by atoms with E-state index < -0.39 is 0 Å². The maximum absolute atomic E-state index is 9.04. The van der Waals surface area contributed by atoms with E-state index in [2.05, 4.69) is 0 Å². The lowest BCUT2D eigenvalue weighted by molar-refractivity contribution is 0.266. The number of hydrogen-bond acceptors (Lipinski definition) is 2. The molecule has 1 aliphatic heterocycles. The van der Waals surface area contributed by atoms with Gasteiger partial charge in [-0.2, -0.15) is 0 Å². The Bertz CT molecular complexity index is 267. The summed E-state index contributed by atoms with van der Waals surface area (Å²) in [5, 5.41) is 9.04. The van der Waals surface area contributed by atoms with Crippen molar-refractivity contribution in [3.63, 3.8) is 0 Å². The molecular formula is C10H12O2. The smallest absolute Gasteiger partial charge is 0.122 e.